The van der Waals surface area contributed by atoms with Crippen molar-refractivity contribution in [3.63, 3.8) is 0 Å². The molecule has 0 fully saturated rings. The highest BCUT2D eigenvalue weighted by Gasteiger charge is 2.18. The number of amides is 2. The SMILES string of the molecule is CCCCCCc1ccc(C(=O)N(CCCC)Cc2nc(C(=O)NCCCC)cs2)cc1. The highest BCUT2D eigenvalue weighted by atomic mass is 32.1. The summed E-state index contributed by atoms with van der Waals surface area (Å²) in [5, 5.41) is 5.48. The van der Waals surface area contributed by atoms with Crippen molar-refractivity contribution >= 4 is 23.2 Å². The van der Waals surface area contributed by atoms with Gasteiger partial charge >= 0.3 is 0 Å². The molecule has 0 spiro atoms. The Morgan fingerprint density at radius 1 is 0.938 bits per heavy atom. The molecule has 2 amide bonds. The molecule has 5 nitrogen and oxygen atoms in total. The van der Waals surface area contributed by atoms with Crippen LogP contribution in [0.15, 0.2) is 29.6 Å². The zero-order valence-electron chi connectivity index (χ0n) is 20.0. The molecule has 0 aliphatic heterocycles. The van der Waals surface area contributed by atoms with E-state index in [-0.39, 0.29) is 11.8 Å². The number of unbranched alkanes of at least 4 members (excludes halogenated alkanes) is 5. The molecule has 0 saturated heterocycles. The van der Waals surface area contributed by atoms with Gasteiger partial charge in [-0.25, -0.2) is 4.98 Å². The predicted octanol–water partition coefficient (Wildman–Crippen LogP) is 6.24. The van der Waals surface area contributed by atoms with Crippen LogP contribution >= 0.6 is 11.3 Å². The van der Waals surface area contributed by atoms with E-state index < -0.39 is 0 Å². The van der Waals surface area contributed by atoms with E-state index in [1.165, 1.54) is 42.6 Å². The molecule has 0 bridgehead atoms. The summed E-state index contributed by atoms with van der Waals surface area (Å²) in [7, 11) is 0. The number of thiazole rings is 1. The number of aromatic nitrogens is 1. The fraction of sp³-hybridized carbons (Fsp3) is 0.577. The zero-order valence-corrected chi connectivity index (χ0v) is 20.8. The van der Waals surface area contributed by atoms with Crippen LogP contribution in [0.25, 0.3) is 0 Å². The van der Waals surface area contributed by atoms with Gasteiger partial charge in [0.2, 0.25) is 0 Å². The van der Waals surface area contributed by atoms with Crippen molar-refractivity contribution in [2.45, 2.75) is 85.1 Å². The lowest BCUT2D eigenvalue weighted by Crippen LogP contribution is -2.31. The Hall–Kier alpha value is -2.21. The third kappa shape index (κ3) is 8.73. The predicted molar refractivity (Wildman–Crippen MR) is 133 cm³/mol. The Bertz CT molecular complexity index is 817. The Labute approximate surface area is 197 Å². The van der Waals surface area contributed by atoms with E-state index in [4.69, 9.17) is 0 Å². The number of rotatable bonds is 15. The summed E-state index contributed by atoms with van der Waals surface area (Å²) in [6.07, 6.45) is 10.00. The Morgan fingerprint density at radius 3 is 2.34 bits per heavy atom. The van der Waals surface area contributed by atoms with Crippen LogP contribution in [0.3, 0.4) is 0 Å². The first-order valence-electron chi connectivity index (χ1n) is 12.2. The lowest BCUT2D eigenvalue weighted by molar-refractivity contribution is 0.0740. The minimum absolute atomic E-state index is 0.0279. The number of carbonyl (C=O) groups is 2. The van der Waals surface area contributed by atoms with E-state index in [2.05, 4.69) is 43.2 Å². The van der Waals surface area contributed by atoms with Crippen LogP contribution in [-0.4, -0.2) is 34.8 Å². The van der Waals surface area contributed by atoms with Crippen molar-refractivity contribution in [2.75, 3.05) is 13.1 Å². The van der Waals surface area contributed by atoms with Gasteiger partial charge in [0.15, 0.2) is 0 Å². The summed E-state index contributed by atoms with van der Waals surface area (Å²) in [5.74, 6) is -0.109. The van der Waals surface area contributed by atoms with Crippen LogP contribution < -0.4 is 5.32 Å². The summed E-state index contributed by atoms with van der Waals surface area (Å²) in [4.78, 5) is 31.8. The molecule has 1 aromatic carbocycles. The second kappa shape index (κ2) is 14.8. The smallest absolute Gasteiger partial charge is 0.270 e. The highest BCUT2D eigenvalue weighted by molar-refractivity contribution is 7.09. The summed E-state index contributed by atoms with van der Waals surface area (Å²) in [5.41, 5.74) is 2.44. The molecule has 0 aliphatic rings. The number of nitrogens with one attached hydrogen (secondary N) is 1. The van der Waals surface area contributed by atoms with Crippen molar-refractivity contribution in [3.8, 4) is 0 Å². The maximum atomic E-state index is 13.2. The van der Waals surface area contributed by atoms with Gasteiger partial charge in [-0.15, -0.1) is 11.3 Å². The molecule has 2 aromatic rings. The summed E-state index contributed by atoms with van der Waals surface area (Å²) < 4.78 is 0. The molecule has 0 radical (unpaired) electrons. The number of aryl methyl sites for hydroxylation is 1. The first-order valence-corrected chi connectivity index (χ1v) is 13.1. The molecular weight excluding hydrogens is 418 g/mol. The number of hydrogen-bond donors (Lipinski definition) is 1. The van der Waals surface area contributed by atoms with Gasteiger partial charge in [0.05, 0.1) is 6.54 Å². The molecule has 2 rings (SSSR count). The fourth-order valence-corrected chi connectivity index (χ4v) is 4.26. The maximum Gasteiger partial charge on any atom is 0.270 e. The standard InChI is InChI=1S/C26H39N3O2S/c1-4-7-10-11-12-21-13-15-22(16-14-21)26(31)29(18-9-6-3)19-24-28-23(20-32-24)25(30)27-17-8-5-2/h13-16,20H,4-12,17-19H2,1-3H3,(H,27,30). The van der Waals surface area contributed by atoms with Gasteiger partial charge in [-0.05, 0) is 43.4 Å². The van der Waals surface area contributed by atoms with Gasteiger partial charge < -0.3 is 10.2 Å². The lowest BCUT2D eigenvalue weighted by atomic mass is 10.0. The summed E-state index contributed by atoms with van der Waals surface area (Å²) in [6.45, 7) is 8.22. The zero-order chi connectivity index (χ0) is 23.2. The second-order valence-corrected chi connectivity index (χ2v) is 9.27. The van der Waals surface area contributed by atoms with E-state index in [9.17, 15) is 9.59 Å². The van der Waals surface area contributed by atoms with Crippen LogP contribution in [0.5, 0.6) is 0 Å². The minimum Gasteiger partial charge on any atom is -0.351 e. The minimum atomic E-state index is -0.137. The molecule has 0 saturated carbocycles. The molecule has 1 heterocycles. The van der Waals surface area contributed by atoms with Crippen molar-refractivity contribution in [3.05, 3.63) is 51.5 Å². The summed E-state index contributed by atoms with van der Waals surface area (Å²) >= 11 is 1.44. The van der Waals surface area contributed by atoms with Crippen molar-refractivity contribution in [2.24, 2.45) is 0 Å². The van der Waals surface area contributed by atoms with Gasteiger partial charge in [0, 0.05) is 24.0 Å². The summed E-state index contributed by atoms with van der Waals surface area (Å²) in [6, 6.07) is 8.06. The average molecular weight is 458 g/mol. The highest BCUT2D eigenvalue weighted by Crippen LogP contribution is 2.17. The molecular formula is C26H39N3O2S. The average Bonchev–Trinajstić information content (AvgIpc) is 3.28. The Kier molecular flexibility index (Phi) is 12.0. The first kappa shape index (κ1) is 26.0. The third-order valence-electron chi connectivity index (χ3n) is 5.52. The van der Waals surface area contributed by atoms with E-state index in [1.54, 1.807) is 5.38 Å². The van der Waals surface area contributed by atoms with E-state index in [0.717, 1.165) is 37.1 Å². The van der Waals surface area contributed by atoms with Crippen molar-refractivity contribution < 1.29 is 9.59 Å². The van der Waals surface area contributed by atoms with E-state index >= 15 is 0 Å². The number of benzene rings is 1. The normalized spacial score (nSPS) is 10.8. The molecule has 1 N–H and O–H groups in total. The van der Waals surface area contributed by atoms with Gasteiger partial charge in [-0.3, -0.25) is 9.59 Å². The van der Waals surface area contributed by atoms with E-state index in [0.29, 0.717) is 30.9 Å². The van der Waals surface area contributed by atoms with Crippen LogP contribution in [-0.2, 0) is 13.0 Å². The molecule has 176 valence electrons. The van der Waals surface area contributed by atoms with Crippen LogP contribution in [0.1, 0.15) is 104 Å². The molecule has 0 atom stereocenters. The Balaban J connectivity index is 2.00. The largest absolute Gasteiger partial charge is 0.351 e. The van der Waals surface area contributed by atoms with Crippen molar-refractivity contribution in [1.82, 2.24) is 15.2 Å². The lowest BCUT2D eigenvalue weighted by Gasteiger charge is -2.21. The molecule has 0 unspecified atom stereocenters. The number of nitrogens with zero attached hydrogens (tertiary/aromatic N) is 2. The topological polar surface area (TPSA) is 62.3 Å². The van der Waals surface area contributed by atoms with Gasteiger partial charge in [-0.1, -0.05) is 65.0 Å². The monoisotopic (exact) mass is 457 g/mol. The van der Waals surface area contributed by atoms with Crippen molar-refractivity contribution in [1.29, 1.82) is 0 Å². The van der Waals surface area contributed by atoms with Crippen LogP contribution in [0.2, 0.25) is 0 Å². The molecule has 1 aromatic heterocycles. The van der Waals surface area contributed by atoms with Gasteiger partial charge in [0.25, 0.3) is 11.8 Å². The van der Waals surface area contributed by atoms with Crippen LogP contribution in [0, 0.1) is 0 Å². The molecule has 32 heavy (non-hydrogen) atoms. The second-order valence-electron chi connectivity index (χ2n) is 8.32. The molecule has 6 heteroatoms. The van der Waals surface area contributed by atoms with Gasteiger partial charge in [-0.2, -0.15) is 0 Å². The van der Waals surface area contributed by atoms with E-state index in [1.807, 2.05) is 17.0 Å². The Morgan fingerprint density at radius 2 is 1.66 bits per heavy atom. The van der Waals surface area contributed by atoms with Crippen LogP contribution in [0.4, 0.5) is 0 Å². The maximum absolute atomic E-state index is 13.2. The molecule has 0 aliphatic carbocycles. The number of carbonyl (C=O) groups excluding carboxylic acids is 2. The number of hydrogen-bond acceptors (Lipinski definition) is 4. The fourth-order valence-electron chi connectivity index (χ4n) is 3.47. The first-order chi connectivity index (χ1) is 15.6. The third-order valence-corrected chi connectivity index (χ3v) is 6.35. The quantitative estimate of drug-likeness (QED) is 0.322. The van der Waals surface area contributed by atoms with Gasteiger partial charge in [0.1, 0.15) is 10.7 Å².